The molecule has 25 heavy (non-hydrogen) atoms. The molecule has 1 amide bonds. The van der Waals surface area contributed by atoms with Gasteiger partial charge < -0.3 is 15.3 Å². The molecule has 5 nitrogen and oxygen atoms in total. The van der Waals surface area contributed by atoms with Crippen molar-refractivity contribution in [2.45, 2.75) is 12.1 Å². The summed E-state index contributed by atoms with van der Waals surface area (Å²) in [5.41, 5.74) is 2.09. The number of nitrogens with zero attached hydrogens (tertiary/aromatic N) is 2. The van der Waals surface area contributed by atoms with Gasteiger partial charge in [0.25, 0.3) is 0 Å². The standard InChI is InChI=1S/C20H25N3O2/c1-22(2)19(16-6-4-3-5-7-16)20(25)23-13-12-21-18(14-23)15-8-10-17(24)11-9-15/h3-11,18-19,21,24H,12-14H2,1-2H3. The van der Waals surface area contributed by atoms with E-state index in [1.807, 2.05) is 66.4 Å². The van der Waals surface area contributed by atoms with Gasteiger partial charge in [0.2, 0.25) is 5.91 Å². The first-order valence-corrected chi connectivity index (χ1v) is 8.58. The molecule has 0 radical (unpaired) electrons. The van der Waals surface area contributed by atoms with Crippen LogP contribution in [0.15, 0.2) is 54.6 Å². The van der Waals surface area contributed by atoms with E-state index in [0.29, 0.717) is 13.1 Å². The van der Waals surface area contributed by atoms with E-state index in [1.165, 1.54) is 0 Å². The van der Waals surface area contributed by atoms with E-state index in [2.05, 4.69) is 5.32 Å². The molecular weight excluding hydrogens is 314 g/mol. The highest BCUT2D eigenvalue weighted by Crippen LogP contribution is 2.25. The van der Waals surface area contributed by atoms with Crippen LogP contribution in [0, 0.1) is 0 Å². The summed E-state index contributed by atoms with van der Waals surface area (Å²) in [6.07, 6.45) is 0. The monoisotopic (exact) mass is 339 g/mol. The third-order valence-electron chi connectivity index (χ3n) is 4.65. The van der Waals surface area contributed by atoms with Gasteiger partial charge in [-0.05, 0) is 37.4 Å². The summed E-state index contributed by atoms with van der Waals surface area (Å²) in [4.78, 5) is 17.1. The van der Waals surface area contributed by atoms with Gasteiger partial charge in [-0.2, -0.15) is 0 Å². The quantitative estimate of drug-likeness (QED) is 0.896. The number of likely N-dealkylation sites (N-methyl/N-ethyl adjacent to an activating group) is 1. The second-order valence-corrected chi connectivity index (χ2v) is 6.66. The lowest BCUT2D eigenvalue weighted by Gasteiger charge is -2.37. The van der Waals surface area contributed by atoms with Gasteiger partial charge in [-0.3, -0.25) is 9.69 Å². The average Bonchev–Trinajstić information content (AvgIpc) is 2.63. The van der Waals surface area contributed by atoms with Crippen LogP contribution in [0.2, 0.25) is 0 Å². The molecule has 1 heterocycles. The topological polar surface area (TPSA) is 55.8 Å². The van der Waals surface area contributed by atoms with Gasteiger partial charge in [0, 0.05) is 25.7 Å². The number of hydrogen-bond acceptors (Lipinski definition) is 4. The Hall–Kier alpha value is -2.37. The Morgan fingerprint density at radius 1 is 1.16 bits per heavy atom. The molecule has 132 valence electrons. The maximum atomic E-state index is 13.2. The zero-order chi connectivity index (χ0) is 17.8. The van der Waals surface area contributed by atoms with Gasteiger partial charge >= 0.3 is 0 Å². The first kappa shape index (κ1) is 17.5. The largest absolute Gasteiger partial charge is 0.508 e. The maximum absolute atomic E-state index is 13.2. The van der Waals surface area contributed by atoms with Gasteiger partial charge in [0.05, 0.1) is 0 Å². The van der Waals surface area contributed by atoms with Crippen LogP contribution in [0.1, 0.15) is 23.2 Å². The number of piperazine rings is 1. The molecule has 0 bridgehead atoms. The van der Waals surface area contributed by atoms with E-state index in [4.69, 9.17) is 0 Å². The second-order valence-electron chi connectivity index (χ2n) is 6.66. The van der Waals surface area contributed by atoms with Crippen LogP contribution in [0.3, 0.4) is 0 Å². The van der Waals surface area contributed by atoms with E-state index in [-0.39, 0.29) is 23.7 Å². The molecule has 0 aliphatic carbocycles. The van der Waals surface area contributed by atoms with Crippen LogP contribution in [-0.4, -0.2) is 54.5 Å². The lowest BCUT2D eigenvalue weighted by Crippen LogP contribution is -2.51. The predicted molar refractivity (Wildman–Crippen MR) is 98.3 cm³/mol. The molecule has 0 spiro atoms. The van der Waals surface area contributed by atoms with Gasteiger partial charge in [-0.15, -0.1) is 0 Å². The van der Waals surface area contributed by atoms with Crippen molar-refractivity contribution in [2.24, 2.45) is 0 Å². The summed E-state index contributed by atoms with van der Waals surface area (Å²) >= 11 is 0. The van der Waals surface area contributed by atoms with Crippen molar-refractivity contribution in [3.05, 3.63) is 65.7 Å². The first-order chi connectivity index (χ1) is 12.1. The minimum Gasteiger partial charge on any atom is -0.508 e. The highest BCUT2D eigenvalue weighted by molar-refractivity contribution is 5.83. The summed E-state index contributed by atoms with van der Waals surface area (Å²) in [7, 11) is 3.88. The second kappa shape index (κ2) is 7.68. The van der Waals surface area contributed by atoms with Crippen molar-refractivity contribution in [1.29, 1.82) is 0 Å². The Labute approximate surface area is 148 Å². The van der Waals surface area contributed by atoms with E-state index < -0.39 is 0 Å². The number of phenols is 1. The van der Waals surface area contributed by atoms with Crippen LogP contribution in [-0.2, 0) is 4.79 Å². The Balaban J connectivity index is 1.77. The Bertz CT molecular complexity index is 701. The van der Waals surface area contributed by atoms with Gasteiger partial charge in [0.1, 0.15) is 11.8 Å². The van der Waals surface area contributed by atoms with Gasteiger partial charge in [0.15, 0.2) is 0 Å². The highest BCUT2D eigenvalue weighted by atomic mass is 16.3. The third-order valence-corrected chi connectivity index (χ3v) is 4.65. The molecule has 2 aromatic rings. The molecule has 2 atom stereocenters. The molecule has 2 aromatic carbocycles. The third kappa shape index (κ3) is 4.00. The van der Waals surface area contributed by atoms with E-state index in [0.717, 1.165) is 17.7 Å². The highest BCUT2D eigenvalue weighted by Gasteiger charge is 2.31. The molecule has 0 aromatic heterocycles. The zero-order valence-electron chi connectivity index (χ0n) is 14.7. The minimum atomic E-state index is -0.278. The SMILES string of the molecule is CN(C)C(C(=O)N1CCNC(c2ccc(O)cc2)C1)c1ccccc1. The van der Waals surface area contributed by atoms with Crippen LogP contribution in [0.5, 0.6) is 5.75 Å². The Kier molecular flexibility index (Phi) is 5.36. The average molecular weight is 339 g/mol. The van der Waals surface area contributed by atoms with E-state index >= 15 is 0 Å². The minimum absolute atomic E-state index is 0.0804. The zero-order valence-corrected chi connectivity index (χ0v) is 14.7. The number of aromatic hydroxyl groups is 1. The van der Waals surface area contributed by atoms with Crippen molar-refractivity contribution < 1.29 is 9.90 Å². The molecule has 2 N–H and O–H groups in total. The molecule has 1 fully saturated rings. The molecule has 1 aliphatic rings. The normalized spacial score (nSPS) is 19.0. The van der Waals surface area contributed by atoms with Crippen molar-refractivity contribution in [2.75, 3.05) is 33.7 Å². The molecule has 2 unspecified atom stereocenters. The summed E-state index contributed by atoms with van der Waals surface area (Å²) in [5.74, 6) is 0.380. The van der Waals surface area contributed by atoms with Crippen LogP contribution < -0.4 is 5.32 Å². The predicted octanol–water partition coefficient (Wildman–Crippen LogP) is 2.17. The summed E-state index contributed by atoms with van der Waals surface area (Å²) < 4.78 is 0. The maximum Gasteiger partial charge on any atom is 0.244 e. The van der Waals surface area contributed by atoms with Crippen LogP contribution in [0.25, 0.3) is 0 Å². The summed E-state index contributed by atoms with van der Waals surface area (Å²) in [5, 5.41) is 12.9. The van der Waals surface area contributed by atoms with Crippen LogP contribution in [0.4, 0.5) is 0 Å². The number of hydrogen-bond donors (Lipinski definition) is 2. The fourth-order valence-electron chi connectivity index (χ4n) is 3.35. The number of rotatable bonds is 4. The number of carbonyl (C=O) groups excluding carboxylic acids is 1. The molecular formula is C20H25N3O2. The Morgan fingerprint density at radius 3 is 2.48 bits per heavy atom. The lowest BCUT2D eigenvalue weighted by molar-refractivity contribution is -0.137. The number of amides is 1. The molecule has 5 heteroatoms. The smallest absolute Gasteiger partial charge is 0.244 e. The number of phenolic OH excluding ortho intramolecular Hbond substituents is 1. The first-order valence-electron chi connectivity index (χ1n) is 8.58. The molecule has 0 saturated carbocycles. The van der Waals surface area contributed by atoms with Crippen molar-refractivity contribution >= 4 is 5.91 Å². The van der Waals surface area contributed by atoms with Gasteiger partial charge in [-0.25, -0.2) is 0 Å². The number of carbonyl (C=O) groups is 1. The van der Waals surface area contributed by atoms with Crippen molar-refractivity contribution in [3.63, 3.8) is 0 Å². The van der Waals surface area contributed by atoms with E-state index in [1.54, 1.807) is 12.1 Å². The molecule has 1 saturated heterocycles. The number of benzene rings is 2. The van der Waals surface area contributed by atoms with Gasteiger partial charge in [-0.1, -0.05) is 42.5 Å². The van der Waals surface area contributed by atoms with E-state index in [9.17, 15) is 9.90 Å². The van der Waals surface area contributed by atoms with Crippen molar-refractivity contribution in [3.8, 4) is 5.75 Å². The fourth-order valence-corrected chi connectivity index (χ4v) is 3.35. The summed E-state index contributed by atoms with van der Waals surface area (Å²) in [6, 6.07) is 16.9. The summed E-state index contributed by atoms with van der Waals surface area (Å²) in [6.45, 7) is 2.08. The number of nitrogens with one attached hydrogen (secondary N) is 1. The molecule has 1 aliphatic heterocycles. The Morgan fingerprint density at radius 2 is 1.84 bits per heavy atom. The molecule has 3 rings (SSSR count). The fraction of sp³-hybridized carbons (Fsp3) is 0.350. The van der Waals surface area contributed by atoms with Crippen LogP contribution >= 0.6 is 0 Å². The lowest BCUT2D eigenvalue weighted by atomic mass is 10.0. The van der Waals surface area contributed by atoms with Crippen molar-refractivity contribution in [1.82, 2.24) is 15.1 Å².